The zero-order valence-electron chi connectivity index (χ0n) is 10.8. The number of hydrogen-bond acceptors (Lipinski definition) is 7. The molecule has 0 bridgehead atoms. The van der Waals surface area contributed by atoms with Gasteiger partial charge < -0.3 is 30.7 Å². The van der Waals surface area contributed by atoms with Crippen molar-refractivity contribution in [2.45, 2.75) is 37.6 Å². The molecule has 2 amide bonds. The predicted molar refractivity (Wildman–Crippen MR) is 64.8 cm³/mol. The van der Waals surface area contributed by atoms with Crippen LogP contribution in [0, 0.1) is 0 Å². The van der Waals surface area contributed by atoms with E-state index >= 15 is 0 Å². The maximum Gasteiger partial charge on any atom is 0.325 e. The minimum atomic E-state index is -1.23. The fourth-order valence-electron chi connectivity index (χ4n) is 2.13. The van der Waals surface area contributed by atoms with Crippen molar-refractivity contribution in [2.24, 2.45) is 5.73 Å². The minimum Gasteiger partial charge on any atom is -0.455 e. The van der Waals surface area contributed by atoms with Gasteiger partial charge in [-0.05, 0) is 6.08 Å². The molecule has 0 aromatic heterocycles. The lowest BCUT2D eigenvalue weighted by atomic mass is 10.1. The number of hydrogen-bond donors (Lipinski definition) is 4. The Labute approximate surface area is 114 Å². The third-order valence-electron chi connectivity index (χ3n) is 3.05. The normalized spacial score (nSPS) is 36.9. The first-order valence-corrected chi connectivity index (χ1v) is 6.08. The topological polar surface area (TPSA) is 134 Å². The van der Waals surface area contributed by atoms with Gasteiger partial charge in [0.25, 0.3) is 0 Å². The number of aliphatic hydroxyl groups excluding tert-OH is 2. The van der Waals surface area contributed by atoms with Gasteiger partial charge in [0, 0.05) is 13.1 Å². The second kappa shape index (κ2) is 5.75. The number of nitrogens with one attached hydrogen (secondary N) is 1. The minimum absolute atomic E-state index is 0.464. The Kier molecular flexibility index (Phi) is 4.23. The smallest absolute Gasteiger partial charge is 0.325 e. The van der Waals surface area contributed by atoms with Gasteiger partial charge in [0.05, 0.1) is 12.8 Å². The van der Waals surface area contributed by atoms with Crippen molar-refractivity contribution in [3.8, 4) is 0 Å². The van der Waals surface area contributed by atoms with Crippen molar-refractivity contribution in [1.29, 1.82) is 0 Å². The predicted octanol–water partition coefficient (Wildman–Crippen LogP) is -2.18. The van der Waals surface area contributed by atoms with Crippen LogP contribution >= 0.6 is 0 Å². The Hall–Kier alpha value is -1.68. The zero-order valence-corrected chi connectivity index (χ0v) is 10.8. The summed E-state index contributed by atoms with van der Waals surface area (Å²) in [6.45, 7) is 0.714. The summed E-state index contributed by atoms with van der Waals surface area (Å²) in [4.78, 5) is 24.1. The van der Waals surface area contributed by atoms with Crippen LogP contribution in [0.2, 0.25) is 0 Å². The quantitative estimate of drug-likeness (QED) is 0.433. The van der Waals surface area contributed by atoms with Gasteiger partial charge in [-0.15, -0.1) is 0 Å². The average molecular weight is 287 g/mol. The molecule has 1 unspecified atom stereocenters. The van der Waals surface area contributed by atoms with E-state index in [0.29, 0.717) is 0 Å². The summed E-state index contributed by atoms with van der Waals surface area (Å²) in [5.41, 5.74) is 5.52. The van der Waals surface area contributed by atoms with E-state index < -0.39 is 49.3 Å². The van der Waals surface area contributed by atoms with Crippen LogP contribution in [-0.2, 0) is 14.3 Å². The van der Waals surface area contributed by atoms with Crippen LogP contribution in [0.15, 0.2) is 12.3 Å². The van der Waals surface area contributed by atoms with Crippen LogP contribution in [0.25, 0.3) is 0 Å². The second-order valence-corrected chi connectivity index (χ2v) is 4.54. The summed E-state index contributed by atoms with van der Waals surface area (Å²) in [6.07, 6.45) is -2.02. The molecule has 20 heavy (non-hydrogen) atoms. The number of esters is 1. The summed E-state index contributed by atoms with van der Waals surface area (Å²) in [6, 6.07) is -0.548. The largest absolute Gasteiger partial charge is 0.455 e. The summed E-state index contributed by atoms with van der Waals surface area (Å²) < 4.78 is 10.4. The first-order valence-electron chi connectivity index (χ1n) is 6.08. The zero-order chi connectivity index (χ0) is 14.9. The summed E-state index contributed by atoms with van der Waals surface area (Å²) in [5.74, 6) is -0.626. The number of aliphatic hydroxyl groups is 2. The first kappa shape index (κ1) is 14.7. The van der Waals surface area contributed by atoms with Crippen molar-refractivity contribution in [3.63, 3.8) is 0 Å². The Morgan fingerprint density at radius 3 is 2.90 bits per heavy atom. The fourth-order valence-corrected chi connectivity index (χ4v) is 2.13. The van der Waals surface area contributed by atoms with Crippen molar-refractivity contribution >= 4 is 12.0 Å². The van der Waals surface area contributed by atoms with E-state index in [9.17, 15) is 14.7 Å². The number of carbonyl (C=O) groups is 2. The summed E-state index contributed by atoms with van der Waals surface area (Å²) in [5, 5.41) is 21.5. The van der Waals surface area contributed by atoms with Crippen LogP contribution < -0.4 is 11.1 Å². The van der Waals surface area contributed by atoms with Crippen molar-refractivity contribution in [2.75, 3.05) is 6.61 Å². The molecule has 9 heteroatoms. The molecule has 2 heterocycles. The van der Waals surface area contributed by atoms with Gasteiger partial charge in [-0.2, -0.15) is 0 Å². The molecule has 2 aliphatic heterocycles. The number of nitrogens with zero attached hydrogens (tertiary/aromatic N) is 1. The molecule has 1 saturated heterocycles. The fraction of sp³-hybridized carbons (Fsp3) is 0.636. The van der Waals surface area contributed by atoms with E-state index in [1.54, 1.807) is 0 Å². The molecule has 0 aliphatic carbocycles. The Morgan fingerprint density at radius 2 is 2.35 bits per heavy atom. The molecular formula is C11H17N3O6. The molecule has 0 radical (unpaired) electrons. The molecule has 9 nitrogen and oxygen atoms in total. The number of ether oxygens (including phenoxy) is 2. The summed E-state index contributed by atoms with van der Waals surface area (Å²) >= 11 is 0. The summed E-state index contributed by atoms with van der Waals surface area (Å²) in [7, 11) is 0. The van der Waals surface area contributed by atoms with Gasteiger partial charge in [0.15, 0.2) is 12.3 Å². The molecule has 0 saturated carbocycles. The number of rotatable bonds is 3. The molecule has 2 aliphatic rings. The molecular weight excluding hydrogens is 270 g/mol. The van der Waals surface area contributed by atoms with Gasteiger partial charge in [-0.3, -0.25) is 9.69 Å². The van der Waals surface area contributed by atoms with Crippen LogP contribution in [0.3, 0.4) is 0 Å². The Morgan fingerprint density at radius 1 is 1.65 bits per heavy atom. The van der Waals surface area contributed by atoms with Gasteiger partial charge in [0.2, 0.25) is 0 Å². The Bertz CT molecular complexity index is 428. The highest BCUT2D eigenvalue weighted by atomic mass is 16.6. The monoisotopic (exact) mass is 287 g/mol. The maximum absolute atomic E-state index is 11.8. The molecule has 0 aromatic rings. The van der Waals surface area contributed by atoms with Crippen molar-refractivity contribution in [3.05, 3.63) is 12.3 Å². The highest BCUT2D eigenvalue weighted by molar-refractivity contribution is 5.77. The SMILES string of the molecule is CC(=O)O[C@@H]1[C@H](O)[C@@H](CO)O[C@H]1N1C=CC(N)NC1=O. The van der Waals surface area contributed by atoms with Crippen LogP contribution in [-0.4, -0.2) is 64.4 Å². The first-order chi connectivity index (χ1) is 9.43. The highest BCUT2D eigenvalue weighted by Crippen LogP contribution is 2.27. The third-order valence-corrected chi connectivity index (χ3v) is 3.05. The highest BCUT2D eigenvalue weighted by Gasteiger charge is 2.49. The van der Waals surface area contributed by atoms with Gasteiger partial charge in [-0.25, -0.2) is 4.79 Å². The van der Waals surface area contributed by atoms with E-state index in [0.717, 1.165) is 4.90 Å². The number of carbonyl (C=O) groups excluding carboxylic acids is 2. The van der Waals surface area contributed by atoms with Gasteiger partial charge in [-0.1, -0.05) is 0 Å². The number of urea groups is 1. The van der Waals surface area contributed by atoms with Gasteiger partial charge >= 0.3 is 12.0 Å². The lowest BCUT2D eigenvalue weighted by molar-refractivity contribution is -0.156. The maximum atomic E-state index is 11.8. The van der Waals surface area contributed by atoms with Crippen molar-refractivity contribution in [1.82, 2.24) is 10.2 Å². The van der Waals surface area contributed by atoms with Gasteiger partial charge in [0.1, 0.15) is 12.2 Å². The molecule has 5 atom stereocenters. The third kappa shape index (κ3) is 2.75. The average Bonchev–Trinajstić information content (AvgIpc) is 2.66. The lowest BCUT2D eigenvalue weighted by Crippen LogP contribution is -2.55. The lowest BCUT2D eigenvalue weighted by Gasteiger charge is -2.32. The van der Waals surface area contributed by atoms with Crippen molar-refractivity contribution < 1.29 is 29.3 Å². The second-order valence-electron chi connectivity index (χ2n) is 4.54. The van der Waals surface area contributed by atoms with E-state index in [2.05, 4.69) is 5.32 Å². The molecule has 1 fully saturated rings. The van der Waals surface area contributed by atoms with E-state index in [1.807, 2.05) is 0 Å². The Balaban J connectivity index is 2.21. The van der Waals surface area contributed by atoms with Crippen LogP contribution in [0.4, 0.5) is 4.79 Å². The standard InChI is InChI=1S/C11H17N3O6/c1-5(16)19-9-8(17)6(4-15)20-10(9)14-3-2-7(12)13-11(14)18/h2-3,6-10,15,17H,4,12H2,1H3,(H,13,18)/t6-,7?,8-,9-,10-/m1/s1. The molecule has 0 aromatic carbocycles. The molecule has 5 N–H and O–H groups in total. The van der Waals surface area contributed by atoms with E-state index in [-0.39, 0.29) is 0 Å². The van der Waals surface area contributed by atoms with E-state index in [4.69, 9.17) is 20.3 Å². The number of amides is 2. The molecule has 0 spiro atoms. The van der Waals surface area contributed by atoms with E-state index in [1.165, 1.54) is 19.2 Å². The van der Waals surface area contributed by atoms with Crippen LogP contribution in [0.1, 0.15) is 6.92 Å². The number of nitrogens with two attached hydrogens (primary N) is 1. The van der Waals surface area contributed by atoms with Crippen LogP contribution in [0.5, 0.6) is 0 Å². The molecule has 112 valence electrons. The molecule has 2 rings (SSSR count).